The summed E-state index contributed by atoms with van der Waals surface area (Å²) in [6, 6.07) is 17.5. The zero-order valence-corrected chi connectivity index (χ0v) is 17.8. The highest BCUT2D eigenvalue weighted by Gasteiger charge is 2.21. The molecule has 4 aromatic rings. The van der Waals surface area contributed by atoms with Crippen LogP contribution in [0.2, 0.25) is 0 Å². The summed E-state index contributed by atoms with van der Waals surface area (Å²) < 4.78 is 21.1. The first-order chi connectivity index (χ1) is 15.9. The molecule has 0 aliphatic carbocycles. The number of nitrogens with zero attached hydrogens (tertiary/aromatic N) is 3. The molecule has 0 saturated carbocycles. The van der Waals surface area contributed by atoms with E-state index in [0.29, 0.717) is 17.0 Å². The summed E-state index contributed by atoms with van der Waals surface area (Å²) in [7, 11) is 1.53. The maximum absolute atomic E-state index is 14.3. The van der Waals surface area contributed by atoms with Crippen molar-refractivity contribution in [2.75, 3.05) is 12.4 Å². The largest absolute Gasteiger partial charge is 0.497 e. The molecular weight excluding hydrogens is 427 g/mol. The number of hydrogen-bond acceptors (Lipinski definition) is 5. The van der Waals surface area contributed by atoms with E-state index in [2.05, 4.69) is 10.4 Å². The van der Waals surface area contributed by atoms with Gasteiger partial charge >= 0.3 is 0 Å². The molecule has 0 radical (unpaired) electrons. The molecule has 8 nitrogen and oxygen atoms in total. The third kappa shape index (κ3) is 4.57. The summed E-state index contributed by atoms with van der Waals surface area (Å²) in [4.78, 5) is 23.6. The van der Waals surface area contributed by atoms with Gasteiger partial charge in [0.1, 0.15) is 17.3 Å². The van der Waals surface area contributed by atoms with Crippen LogP contribution in [-0.4, -0.2) is 27.7 Å². The molecule has 0 aliphatic rings. The Morgan fingerprint density at radius 3 is 2.58 bits per heavy atom. The second-order valence-corrected chi connectivity index (χ2v) is 7.28. The lowest BCUT2D eigenvalue weighted by atomic mass is 10.1. The van der Waals surface area contributed by atoms with Gasteiger partial charge in [0, 0.05) is 23.9 Å². The number of benzene rings is 3. The minimum Gasteiger partial charge on any atom is -0.497 e. The van der Waals surface area contributed by atoms with Crippen molar-refractivity contribution in [1.29, 1.82) is 0 Å². The van der Waals surface area contributed by atoms with Gasteiger partial charge in [-0.25, -0.2) is 9.07 Å². The van der Waals surface area contributed by atoms with Gasteiger partial charge in [-0.1, -0.05) is 29.8 Å². The molecule has 166 valence electrons. The number of nitrogens with one attached hydrogen (secondary N) is 1. The van der Waals surface area contributed by atoms with Gasteiger partial charge < -0.3 is 10.1 Å². The van der Waals surface area contributed by atoms with E-state index >= 15 is 0 Å². The van der Waals surface area contributed by atoms with Crippen LogP contribution in [-0.2, 0) is 0 Å². The smallest absolute Gasteiger partial charge is 0.271 e. The van der Waals surface area contributed by atoms with E-state index in [1.807, 2.05) is 31.2 Å². The summed E-state index contributed by atoms with van der Waals surface area (Å²) in [5.41, 5.74) is 2.28. The van der Waals surface area contributed by atoms with Crippen LogP contribution >= 0.6 is 0 Å². The first kappa shape index (κ1) is 21.7. The molecule has 1 amide bonds. The fourth-order valence-corrected chi connectivity index (χ4v) is 3.27. The molecule has 1 aromatic heterocycles. The van der Waals surface area contributed by atoms with Crippen molar-refractivity contribution in [1.82, 2.24) is 9.78 Å². The number of amides is 1. The van der Waals surface area contributed by atoms with Crippen molar-refractivity contribution >= 4 is 17.3 Å². The summed E-state index contributed by atoms with van der Waals surface area (Å²) in [5, 5.41) is 18.1. The lowest BCUT2D eigenvalue weighted by molar-refractivity contribution is -0.384. The summed E-state index contributed by atoms with van der Waals surface area (Å²) in [6.45, 7) is 1.96. The highest BCUT2D eigenvalue weighted by molar-refractivity contribution is 6.08. The van der Waals surface area contributed by atoms with Gasteiger partial charge in [0.15, 0.2) is 0 Å². The summed E-state index contributed by atoms with van der Waals surface area (Å²) >= 11 is 0. The van der Waals surface area contributed by atoms with Crippen molar-refractivity contribution in [2.45, 2.75) is 6.92 Å². The van der Waals surface area contributed by atoms with Gasteiger partial charge in [0.25, 0.3) is 11.6 Å². The van der Waals surface area contributed by atoms with E-state index in [4.69, 9.17) is 4.74 Å². The molecule has 0 atom stereocenters. The van der Waals surface area contributed by atoms with Gasteiger partial charge in [0.2, 0.25) is 0 Å². The number of carbonyl (C=O) groups excluding carboxylic acids is 1. The second-order valence-electron chi connectivity index (χ2n) is 7.28. The monoisotopic (exact) mass is 446 g/mol. The van der Waals surface area contributed by atoms with Gasteiger partial charge in [-0.3, -0.25) is 14.9 Å². The third-order valence-electron chi connectivity index (χ3n) is 5.01. The maximum atomic E-state index is 14.3. The zero-order chi connectivity index (χ0) is 23.5. The molecule has 9 heteroatoms. The quantitative estimate of drug-likeness (QED) is 0.326. The Bertz CT molecular complexity index is 1350. The summed E-state index contributed by atoms with van der Waals surface area (Å²) in [5.74, 6) is -0.873. The number of anilines is 1. The lowest BCUT2D eigenvalue weighted by Gasteiger charge is -2.07. The summed E-state index contributed by atoms with van der Waals surface area (Å²) in [6.07, 6.45) is 1.53. The fourth-order valence-electron chi connectivity index (χ4n) is 3.27. The molecule has 1 N–H and O–H groups in total. The van der Waals surface area contributed by atoms with Crippen LogP contribution < -0.4 is 10.1 Å². The van der Waals surface area contributed by atoms with Gasteiger partial charge in [-0.2, -0.15) is 5.10 Å². The van der Waals surface area contributed by atoms with Crippen molar-refractivity contribution in [3.63, 3.8) is 0 Å². The number of ether oxygens (including phenoxy) is 1. The van der Waals surface area contributed by atoms with Crippen LogP contribution in [0.4, 0.5) is 15.8 Å². The lowest BCUT2D eigenvalue weighted by Crippen LogP contribution is -2.13. The average molecular weight is 446 g/mol. The molecule has 0 fully saturated rings. The number of carbonyl (C=O) groups is 1. The topological polar surface area (TPSA) is 99.3 Å². The molecule has 3 aromatic carbocycles. The number of non-ortho nitro benzene ring substituents is 1. The number of aromatic nitrogens is 2. The highest BCUT2D eigenvalue weighted by atomic mass is 19.1. The Morgan fingerprint density at radius 1 is 1.12 bits per heavy atom. The number of rotatable bonds is 6. The number of nitro benzene ring substituents is 1. The van der Waals surface area contributed by atoms with E-state index in [1.54, 1.807) is 28.9 Å². The molecule has 0 spiro atoms. The Kier molecular flexibility index (Phi) is 5.86. The first-order valence-corrected chi connectivity index (χ1v) is 9.92. The number of aryl methyl sites for hydroxylation is 1. The molecular formula is C24H19FN4O4. The van der Waals surface area contributed by atoms with Crippen LogP contribution in [0.5, 0.6) is 5.75 Å². The standard InChI is InChI=1S/C24H19FN4O4/c1-15-6-8-17(9-7-15)28-14-20(23(27-28)16-4-3-5-19(12-16)33-2)24(30)26-22-13-18(29(31)32)10-11-21(22)25/h3-14H,1-2H3,(H,26,30). The first-order valence-electron chi connectivity index (χ1n) is 9.92. The molecule has 0 saturated heterocycles. The van der Waals surface area contributed by atoms with Crippen molar-refractivity contribution in [3.05, 3.63) is 100.0 Å². The molecule has 0 unspecified atom stereocenters. The van der Waals surface area contributed by atoms with Crippen LogP contribution in [0, 0.1) is 22.9 Å². The zero-order valence-electron chi connectivity index (χ0n) is 17.8. The van der Waals surface area contributed by atoms with E-state index in [0.717, 1.165) is 29.4 Å². The SMILES string of the molecule is COc1cccc(-c2nn(-c3ccc(C)cc3)cc2C(=O)Nc2cc([N+](=O)[O-])ccc2F)c1. The number of methoxy groups -OCH3 is 1. The number of hydrogen-bond donors (Lipinski definition) is 1. The fraction of sp³-hybridized carbons (Fsp3) is 0.0833. The Labute approximate surface area is 188 Å². The highest BCUT2D eigenvalue weighted by Crippen LogP contribution is 2.29. The minimum atomic E-state index is -0.789. The van der Waals surface area contributed by atoms with E-state index in [1.165, 1.54) is 13.3 Å². The predicted octanol–water partition coefficient (Wildman–Crippen LogP) is 5.16. The molecule has 1 heterocycles. The third-order valence-corrected chi connectivity index (χ3v) is 5.01. The second kappa shape index (κ2) is 8.91. The van der Waals surface area contributed by atoms with Crippen LogP contribution in [0.25, 0.3) is 16.9 Å². The molecule has 33 heavy (non-hydrogen) atoms. The average Bonchev–Trinajstić information content (AvgIpc) is 3.26. The number of halogens is 1. The Morgan fingerprint density at radius 2 is 1.88 bits per heavy atom. The van der Waals surface area contributed by atoms with Crippen molar-refractivity contribution in [3.8, 4) is 22.7 Å². The van der Waals surface area contributed by atoms with Gasteiger partial charge in [0.05, 0.1) is 29.0 Å². The van der Waals surface area contributed by atoms with E-state index in [9.17, 15) is 19.3 Å². The number of nitro groups is 1. The minimum absolute atomic E-state index is 0.162. The van der Waals surface area contributed by atoms with Crippen LogP contribution in [0.1, 0.15) is 15.9 Å². The Balaban J connectivity index is 1.79. The van der Waals surface area contributed by atoms with E-state index < -0.39 is 16.6 Å². The maximum Gasteiger partial charge on any atom is 0.271 e. The van der Waals surface area contributed by atoms with Gasteiger partial charge in [-0.15, -0.1) is 0 Å². The molecule has 0 aliphatic heterocycles. The van der Waals surface area contributed by atoms with Crippen LogP contribution in [0.3, 0.4) is 0 Å². The van der Waals surface area contributed by atoms with E-state index in [-0.39, 0.29) is 16.9 Å². The predicted molar refractivity (Wildman–Crippen MR) is 121 cm³/mol. The van der Waals surface area contributed by atoms with Crippen molar-refractivity contribution < 1.29 is 18.8 Å². The Hall–Kier alpha value is -4.53. The van der Waals surface area contributed by atoms with Crippen LogP contribution in [0.15, 0.2) is 72.9 Å². The van der Waals surface area contributed by atoms with Crippen molar-refractivity contribution in [2.24, 2.45) is 0 Å². The normalized spacial score (nSPS) is 10.6. The molecule has 0 bridgehead atoms. The van der Waals surface area contributed by atoms with Gasteiger partial charge in [-0.05, 0) is 37.3 Å². The molecule has 4 rings (SSSR count).